The molecule has 0 unspecified atom stereocenters. The van der Waals surface area contributed by atoms with Crippen molar-refractivity contribution in [2.45, 2.75) is 53.4 Å². The van der Waals surface area contributed by atoms with Crippen LogP contribution >= 0.6 is 11.3 Å². The second kappa shape index (κ2) is 11.1. The predicted octanol–water partition coefficient (Wildman–Crippen LogP) is 4.13. The number of ether oxygens (including phenoxy) is 1. The second-order valence-electron chi connectivity index (χ2n) is 9.90. The van der Waals surface area contributed by atoms with E-state index in [2.05, 4.69) is 13.0 Å². The van der Waals surface area contributed by atoms with Crippen LogP contribution in [0.25, 0.3) is 21.9 Å². The molecule has 39 heavy (non-hydrogen) atoms. The summed E-state index contributed by atoms with van der Waals surface area (Å²) in [4.78, 5) is 46.3. The SMILES string of the molecule is CCOC(=O)[C@H]1CCCN(C(=O)Cc2csc3nc(C)c(-c4cc(C)n(-c5ccccc5CC)n4)c(=O)n23)C1. The zero-order valence-electron chi connectivity index (χ0n) is 22.8. The lowest BCUT2D eigenvalue weighted by molar-refractivity contribution is -0.151. The van der Waals surface area contributed by atoms with Crippen LogP contribution in [0.2, 0.25) is 0 Å². The number of aromatic nitrogens is 4. The number of hydrogen-bond acceptors (Lipinski definition) is 7. The second-order valence-corrected chi connectivity index (χ2v) is 10.7. The quantitative estimate of drug-likeness (QED) is 0.323. The third-order valence-electron chi connectivity index (χ3n) is 7.29. The van der Waals surface area contributed by atoms with Gasteiger partial charge in [0.15, 0.2) is 4.96 Å². The summed E-state index contributed by atoms with van der Waals surface area (Å²) in [6.45, 7) is 8.93. The van der Waals surface area contributed by atoms with E-state index >= 15 is 0 Å². The van der Waals surface area contributed by atoms with Crippen molar-refractivity contribution in [1.82, 2.24) is 24.1 Å². The number of carbonyl (C=O) groups is 2. The third kappa shape index (κ3) is 5.13. The van der Waals surface area contributed by atoms with Crippen LogP contribution in [0.5, 0.6) is 0 Å². The normalized spacial score (nSPS) is 15.6. The van der Waals surface area contributed by atoms with Crippen LogP contribution in [-0.2, 0) is 27.2 Å². The van der Waals surface area contributed by atoms with E-state index in [4.69, 9.17) is 14.8 Å². The molecule has 1 amide bonds. The van der Waals surface area contributed by atoms with Gasteiger partial charge in [0.05, 0.1) is 35.9 Å². The number of hydrogen-bond donors (Lipinski definition) is 0. The summed E-state index contributed by atoms with van der Waals surface area (Å²) in [5, 5.41) is 6.64. The molecule has 0 bridgehead atoms. The highest BCUT2D eigenvalue weighted by Crippen LogP contribution is 2.25. The van der Waals surface area contributed by atoms with Crippen LogP contribution in [0.15, 0.2) is 40.5 Å². The van der Waals surface area contributed by atoms with Crippen LogP contribution < -0.4 is 5.56 Å². The molecule has 10 heteroatoms. The maximum atomic E-state index is 13.9. The summed E-state index contributed by atoms with van der Waals surface area (Å²) >= 11 is 1.34. The van der Waals surface area contributed by atoms with Crippen LogP contribution in [0.4, 0.5) is 0 Å². The minimum absolute atomic E-state index is 0.0526. The van der Waals surface area contributed by atoms with E-state index in [-0.39, 0.29) is 29.8 Å². The number of nitrogens with zero attached hydrogens (tertiary/aromatic N) is 5. The Kier molecular flexibility index (Phi) is 7.65. The van der Waals surface area contributed by atoms with Gasteiger partial charge in [0.2, 0.25) is 5.91 Å². The van der Waals surface area contributed by atoms with Gasteiger partial charge in [-0.15, -0.1) is 11.3 Å². The molecule has 4 aromatic rings. The van der Waals surface area contributed by atoms with E-state index in [1.807, 2.05) is 48.2 Å². The highest BCUT2D eigenvalue weighted by molar-refractivity contribution is 7.15. The minimum Gasteiger partial charge on any atom is -0.466 e. The summed E-state index contributed by atoms with van der Waals surface area (Å²) in [6.07, 6.45) is 2.37. The van der Waals surface area contributed by atoms with Crippen molar-refractivity contribution in [2.75, 3.05) is 19.7 Å². The Labute approximate surface area is 231 Å². The van der Waals surface area contributed by atoms with Gasteiger partial charge in [0, 0.05) is 29.9 Å². The van der Waals surface area contributed by atoms with Gasteiger partial charge in [0.1, 0.15) is 5.69 Å². The van der Waals surface area contributed by atoms with Gasteiger partial charge in [-0.2, -0.15) is 5.10 Å². The molecule has 1 saturated heterocycles. The van der Waals surface area contributed by atoms with Gasteiger partial charge < -0.3 is 9.64 Å². The Hall–Kier alpha value is -3.79. The Morgan fingerprint density at radius 3 is 2.74 bits per heavy atom. The number of rotatable bonds is 7. The molecule has 3 aromatic heterocycles. The number of aryl methyl sites for hydroxylation is 3. The Morgan fingerprint density at radius 1 is 1.18 bits per heavy atom. The molecule has 0 aliphatic carbocycles. The fourth-order valence-corrected chi connectivity index (χ4v) is 6.23. The zero-order chi connectivity index (χ0) is 27.7. The molecule has 1 fully saturated rings. The number of benzene rings is 1. The first-order chi connectivity index (χ1) is 18.8. The van der Waals surface area contributed by atoms with Crippen LogP contribution in [0.3, 0.4) is 0 Å². The Morgan fingerprint density at radius 2 is 1.97 bits per heavy atom. The number of esters is 1. The van der Waals surface area contributed by atoms with Crippen molar-refractivity contribution in [2.24, 2.45) is 5.92 Å². The smallest absolute Gasteiger partial charge is 0.310 e. The molecule has 204 valence electrons. The minimum atomic E-state index is -0.309. The fraction of sp³-hybridized carbons (Fsp3) is 0.414. The Balaban J connectivity index is 1.47. The number of piperidine rings is 1. The maximum absolute atomic E-state index is 13.9. The average molecular weight is 548 g/mol. The number of amides is 1. The van der Waals surface area contributed by atoms with Gasteiger partial charge in [-0.1, -0.05) is 25.1 Å². The topological polar surface area (TPSA) is 98.8 Å². The van der Waals surface area contributed by atoms with Crippen molar-refractivity contribution in [3.8, 4) is 16.9 Å². The maximum Gasteiger partial charge on any atom is 0.310 e. The van der Waals surface area contributed by atoms with Gasteiger partial charge in [0.25, 0.3) is 5.56 Å². The molecule has 1 atom stereocenters. The number of carbonyl (C=O) groups excluding carboxylic acids is 2. The molecule has 9 nitrogen and oxygen atoms in total. The molecule has 1 aliphatic rings. The molecule has 1 aliphatic heterocycles. The predicted molar refractivity (Wildman–Crippen MR) is 150 cm³/mol. The fourth-order valence-electron chi connectivity index (χ4n) is 5.30. The first-order valence-electron chi connectivity index (χ1n) is 13.4. The van der Waals surface area contributed by atoms with Gasteiger partial charge in [-0.25, -0.2) is 9.67 Å². The summed E-state index contributed by atoms with van der Waals surface area (Å²) < 4.78 is 8.57. The monoisotopic (exact) mass is 547 g/mol. The van der Waals surface area contributed by atoms with E-state index in [0.29, 0.717) is 53.7 Å². The molecule has 0 spiro atoms. The molecular weight excluding hydrogens is 514 g/mol. The van der Waals surface area contributed by atoms with E-state index < -0.39 is 0 Å². The molecule has 0 N–H and O–H groups in total. The highest BCUT2D eigenvalue weighted by Gasteiger charge is 2.30. The van der Waals surface area contributed by atoms with Gasteiger partial charge in [-0.3, -0.25) is 18.8 Å². The van der Waals surface area contributed by atoms with E-state index in [9.17, 15) is 14.4 Å². The number of thiazole rings is 1. The van der Waals surface area contributed by atoms with Gasteiger partial charge in [-0.05, 0) is 57.7 Å². The molecule has 1 aromatic carbocycles. The first kappa shape index (κ1) is 26.8. The third-order valence-corrected chi connectivity index (χ3v) is 8.17. The van der Waals surface area contributed by atoms with Crippen molar-refractivity contribution in [3.05, 3.63) is 68.7 Å². The molecule has 0 saturated carbocycles. The summed E-state index contributed by atoms with van der Waals surface area (Å²) in [5.74, 6) is -0.682. The lowest BCUT2D eigenvalue weighted by Crippen LogP contribution is -2.43. The van der Waals surface area contributed by atoms with Crippen LogP contribution in [0.1, 0.15) is 49.3 Å². The van der Waals surface area contributed by atoms with Crippen molar-refractivity contribution < 1.29 is 14.3 Å². The summed E-state index contributed by atoms with van der Waals surface area (Å²) in [6, 6.07) is 10.0. The number of fused-ring (bicyclic) bond motifs is 1. The molecule has 5 rings (SSSR count). The number of likely N-dealkylation sites (tertiary alicyclic amines) is 1. The van der Waals surface area contributed by atoms with Crippen molar-refractivity contribution >= 4 is 28.2 Å². The van der Waals surface area contributed by atoms with E-state index in [1.165, 1.54) is 21.3 Å². The largest absolute Gasteiger partial charge is 0.466 e. The van der Waals surface area contributed by atoms with E-state index in [1.54, 1.807) is 11.8 Å². The molecule has 4 heterocycles. The zero-order valence-corrected chi connectivity index (χ0v) is 23.6. The standard InChI is InChI=1S/C29H33N5O4S/c1-5-20-10-7-8-12-24(20)34-18(3)14-23(31-34)26-19(4)30-29-33(27(26)36)22(17-39-29)15-25(35)32-13-9-11-21(16-32)28(37)38-6-2/h7-8,10,12,14,17,21H,5-6,9,11,13,15-16H2,1-4H3/t21-/m0/s1. The first-order valence-corrected chi connectivity index (χ1v) is 14.3. The lowest BCUT2D eigenvalue weighted by atomic mass is 9.98. The number of para-hydroxylation sites is 1. The van der Waals surface area contributed by atoms with Crippen molar-refractivity contribution in [1.29, 1.82) is 0 Å². The van der Waals surface area contributed by atoms with Crippen LogP contribution in [-0.4, -0.2) is 55.6 Å². The van der Waals surface area contributed by atoms with Crippen LogP contribution in [0, 0.1) is 19.8 Å². The molecule has 0 radical (unpaired) electrons. The molecular formula is C29H33N5O4S. The lowest BCUT2D eigenvalue weighted by Gasteiger charge is -2.31. The Bertz CT molecular complexity index is 1600. The van der Waals surface area contributed by atoms with E-state index in [0.717, 1.165) is 24.2 Å². The van der Waals surface area contributed by atoms with Gasteiger partial charge >= 0.3 is 5.97 Å². The average Bonchev–Trinajstić information content (AvgIpc) is 3.51. The highest BCUT2D eigenvalue weighted by atomic mass is 32.1. The summed E-state index contributed by atoms with van der Waals surface area (Å²) in [7, 11) is 0. The summed E-state index contributed by atoms with van der Waals surface area (Å²) in [5.41, 5.74) is 5.00. The van der Waals surface area contributed by atoms with Crippen molar-refractivity contribution in [3.63, 3.8) is 0 Å².